The van der Waals surface area contributed by atoms with Crippen LogP contribution < -0.4 is 5.73 Å². The van der Waals surface area contributed by atoms with E-state index in [1.165, 1.54) is 5.56 Å². The van der Waals surface area contributed by atoms with Crippen LogP contribution in [-0.2, 0) is 0 Å². The number of ketones is 1. The minimum atomic E-state index is 0.138. The second-order valence-electron chi connectivity index (χ2n) is 5.76. The maximum atomic E-state index is 12.4. The fraction of sp³-hybridized carbons (Fsp3) is 0.562. The molecule has 0 aliphatic heterocycles. The summed E-state index contributed by atoms with van der Waals surface area (Å²) in [5, 5.41) is 0. The molecule has 0 heterocycles. The van der Waals surface area contributed by atoms with Gasteiger partial charge in [0.05, 0.1) is 0 Å². The summed E-state index contributed by atoms with van der Waals surface area (Å²) in [7, 11) is 0. The van der Waals surface area contributed by atoms with E-state index >= 15 is 0 Å². The molecule has 0 spiro atoms. The first-order valence-electron chi connectivity index (χ1n) is 6.97. The molecule has 2 heteroatoms. The van der Waals surface area contributed by atoms with E-state index in [-0.39, 0.29) is 17.7 Å². The zero-order valence-corrected chi connectivity index (χ0v) is 11.4. The van der Waals surface area contributed by atoms with Gasteiger partial charge in [-0.05, 0) is 30.7 Å². The fourth-order valence-corrected chi connectivity index (χ4v) is 2.73. The van der Waals surface area contributed by atoms with Crippen molar-refractivity contribution in [3.8, 4) is 0 Å². The normalized spacial score (nSPS) is 24.2. The number of carbonyl (C=O) groups is 1. The Bertz CT molecular complexity index is 408. The predicted molar refractivity (Wildman–Crippen MR) is 74.8 cm³/mol. The maximum Gasteiger partial charge on any atom is 0.165 e. The molecule has 1 aromatic carbocycles. The zero-order valence-electron chi connectivity index (χ0n) is 11.4. The van der Waals surface area contributed by atoms with Crippen LogP contribution in [0.3, 0.4) is 0 Å². The maximum absolute atomic E-state index is 12.4. The summed E-state index contributed by atoms with van der Waals surface area (Å²) in [6.07, 6.45) is 4.00. The van der Waals surface area contributed by atoms with Crippen molar-refractivity contribution in [3.63, 3.8) is 0 Å². The lowest BCUT2D eigenvalue weighted by molar-refractivity contribution is 0.0881. The Morgan fingerprint density at radius 2 is 1.89 bits per heavy atom. The number of hydrogen-bond donors (Lipinski definition) is 1. The largest absolute Gasteiger partial charge is 0.328 e. The van der Waals surface area contributed by atoms with Gasteiger partial charge in [-0.1, -0.05) is 44.5 Å². The summed E-state index contributed by atoms with van der Waals surface area (Å²) in [5.74, 6) is 0.927. The van der Waals surface area contributed by atoms with Gasteiger partial charge >= 0.3 is 0 Å². The summed E-state index contributed by atoms with van der Waals surface area (Å²) in [4.78, 5) is 12.4. The third-order valence-electron chi connectivity index (χ3n) is 3.95. The molecule has 2 N–H and O–H groups in total. The average Bonchev–Trinajstić information content (AvgIpc) is 2.38. The molecule has 0 radical (unpaired) electrons. The Morgan fingerprint density at radius 3 is 2.44 bits per heavy atom. The van der Waals surface area contributed by atoms with Gasteiger partial charge in [0.15, 0.2) is 5.78 Å². The summed E-state index contributed by atoms with van der Waals surface area (Å²) in [6, 6.07) is 8.29. The first-order chi connectivity index (χ1) is 8.58. The molecule has 18 heavy (non-hydrogen) atoms. The van der Waals surface area contributed by atoms with Crippen molar-refractivity contribution in [3.05, 3.63) is 35.4 Å². The van der Waals surface area contributed by atoms with E-state index in [4.69, 9.17) is 5.73 Å². The number of nitrogens with two attached hydrogens (primary N) is 1. The number of benzene rings is 1. The first kappa shape index (κ1) is 13.3. The Kier molecular flexibility index (Phi) is 4.18. The van der Waals surface area contributed by atoms with Crippen LogP contribution in [0.2, 0.25) is 0 Å². The second-order valence-corrected chi connectivity index (χ2v) is 5.76. The monoisotopic (exact) mass is 245 g/mol. The van der Waals surface area contributed by atoms with Crippen molar-refractivity contribution in [2.24, 2.45) is 11.7 Å². The molecule has 1 fully saturated rings. The standard InChI is InChI=1S/C16H23NO/c1-11(2)12-6-8-13(9-7-12)16(18)14-4-3-5-15(17)10-14/h6-9,11,14-15H,3-5,10,17H2,1-2H3. The van der Waals surface area contributed by atoms with E-state index in [1.807, 2.05) is 12.1 Å². The van der Waals surface area contributed by atoms with Gasteiger partial charge < -0.3 is 5.73 Å². The van der Waals surface area contributed by atoms with Crippen LogP contribution in [0.1, 0.15) is 61.4 Å². The number of carbonyl (C=O) groups excluding carboxylic acids is 1. The molecule has 98 valence electrons. The SMILES string of the molecule is CC(C)c1ccc(C(=O)C2CCCC(N)C2)cc1. The number of rotatable bonds is 3. The Labute approximate surface area is 110 Å². The summed E-state index contributed by atoms with van der Waals surface area (Å²) in [5.41, 5.74) is 8.08. The Morgan fingerprint density at radius 1 is 1.22 bits per heavy atom. The van der Waals surface area contributed by atoms with E-state index in [0.29, 0.717) is 5.92 Å². The molecule has 0 amide bonds. The zero-order chi connectivity index (χ0) is 13.1. The quantitative estimate of drug-likeness (QED) is 0.828. The van der Waals surface area contributed by atoms with E-state index < -0.39 is 0 Å². The van der Waals surface area contributed by atoms with E-state index in [9.17, 15) is 4.79 Å². The van der Waals surface area contributed by atoms with E-state index in [0.717, 1.165) is 31.2 Å². The van der Waals surface area contributed by atoms with Gasteiger partial charge in [-0.3, -0.25) is 4.79 Å². The van der Waals surface area contributed by atoms with Crippen molar-refractivity contribution in [1.82, 2.24) is 0 Å². The molecule has 2 rings (SSSR count). The molecule has 1 aromatic rings. The van der Waals surface area contributed by atoms with Crippen LogP contribution in [0.15, 0.2) is 24.3 Å². The molecular formula is C16H23NO. The molecule has 2 unspecified atom stereocenters. The van der Waals surface area contributed by atoms with Crippen LogP contribution in [0.4, 0.5) is 0 Å². The lowest BCUT2D eigenvalue weighted by atomic mass is 9.81. The average molecular weight is 245 g/mol. The summed E-state index contributed by atoms with van der Waals surface area (Å²) >= 11 is 0. The van der Waals surface area contributed by atoms with Gasteiger partial charge in [-0.15, -0.1) is 0 Å². The van der Waals surface area contributed by atoms with Crippen molar-refractivity contribution < 1.29 is 4.79 Å². The topological polar surface area (TPSA) is 43.1 Å². The minimum Gasteiger partial charge on any atom is -0.328 e. The lowest BCUT2D eigenvalue weighted by Gasteiger charge is -2.25. The molecule has 0 bridgehead atoms. The summed E-state index contributed by atoms with van der Waals surface area (Å²) in [6.45, 7) is 4.33. The van der Waals surface area contributed by atoms with Crippen molar-refractivity contribution in [2.45, 2.75) is 51.5 Å². The molecule has 1 saturated carbocycles. The van der Waals surface area contributed by atoms with Crippen LogP contribution in [0.25, 0.3) is 0 Å². The molecular weight excluding hydrogens is 222 g/mol. The highest BCUT2D eigenvalue weighted by atomic mass is 16.1. The van der Waals surface area contributed by atoms with Crippen molar-refractivity contribution >= 4 is 5.78 Å². The van der Waals surface area contributed by atoms with Crippen molar-refractivity contribution in [2.75, 3.05) is 0 Å². The number of Topliss-reactive ketones (excluding diaryl/α,β-unsaturated/α-hetero) is 1. The third kappa shape index (κ3) is 2.99. The first-order valence-corrected chi connectivity index (χ1v) is 6.97. The van der Waals surface area contributed by atoms with Gasteiger partial charge in [0.1, 0.15) is 0 Å². The Balaban J connectivity index is 2.08. The highest BCUT2D eigenvalue weighted by Crippen LogP contribution is 2.27. The van der Waals surface area contributed by atoms with E-state index in [1.54, 1.807) is 0 Å². The van der Waals surface area contributed by atoms with Crippen molar-refractivity contribution in [1.29, 1.82) is 0 Å². The van der Waals surface area contributed by atoms with Gasteiger partial charge in [0.2, 0.25) is 0 Å². The second kappa shape index (κ2) is 5.66. The molecule has 1 aliphatic carbocycles. The molecule has 1 aliphatic rings. The predicted octanol–water partition coefficient (Wildman–Crippen LogP) is 3.51. The van der Waals surface area contributed by atoms with Gasteiger partial charge in [0, 0.05) is 17.5 Å². The molecule has 2 nitrogen and oxygen atoms in total. The summed E-state index contributed by atoms with van der Waals surface area (Å²) < 4.78 is 0. The van der Waals surface area contributed by atoms with Crippen LogP contribution >= 0.6 is 0 Å². The van der Waals surface area contributed by atoms with Crippen LogP contribution in [-0.4, -0.2) is 11.8 Å². The molecule has 2 atom stereocenters. The highest BCUT2D eigenvalue weighted by Gasteiger charge is 2.25. The molecule has 0 aromatic heterocycles. The number of hydrogen-bond acceptors (Lipinski definition) is 2. The van der Waals surface area contributed by atoms with Crippen LogP contribution in [0, 0.1) is 5.92 Å². The van der Waals surface area contributed by atoms with Gasteiger partial charge in [0.25, 0.3) is 0 Å². The van der Waals surface area contributed by atoms with Gasteiger partial charge in [-0.25, -0.2) is 0 Å². The minimum absolute atomic E-state index is 0.138. The third-order valence-corrected chi connectivity index (χ3v) is 3.95. The van der Waals surface area contributed by atoms with Gasteiger partial charge in [-0.2, -0.15) is 0 Å². The Hall–Kier alpha value is -1.15. The van der Waals surface area contributed by atoms with Crippen LogP contribution in [0.5, 0.6) is 0 Å². The van der Waals surface area contributed by atoms with E-state index in [2.05, 4.69) is 26.0 Å². The molecule has 0 saturated heterocycles. The smallest absolute Gasteiger partial charge is 0.165 e. The highest BCUT2D eigenvalue weighted by molar-refractivity contribution is 5.97. The lowest BCUT2D eigenvalue weighted by Crippen LogP contribution is -2.31. The fourth-order valence-electron chi connectivity index (χ4n) is 2.73.